The van der Waals surface area contributed by atoms with E-state index in [4.69, 9.17) is 9.26 Å². The van der Waals surface area contributed by atoms with Crippen LogP contribution in [0.15, 0.2) is 57.9 Å². The first kappa shape index (κ1) is 21.1. The van der Waals surface area contributed by atoms with Crippen molar-refractivity contribution in [3.05, 3.63) is 59.8 Å². The van der Waals surface area contributed by atoms with Crippen LogP contribution in [-0.4, -0.2) is 38.4 Å². The molecule has 0 spiro atoms. The minimum Gasteiger partial charge on any atom is -0.495 e. The molecule has 4 rings (SSSR count). The summed E-state index contributed by atoms with van der Waals surface area (Å²) in [5.41, 5.74) is 3.23. The van der Waals surface area contributed by atoms with Crippen LogP contribution in [0.3, 0.4) is 0 Å². The maximum Gasteiger partial charge on any atom is 0.228 e. The number of ether oxygens (including phenoxy) is 1. The molecule has 1 amide bonds. The number of nitrogens with zero attached hydrogens (tertiary/aromatic N) is 2. The molecular formula is C23H24N2O5S. The molecule has 1 aliphatic rings. The van der Waals surface area contributed by atoms with E-state index in [1.54, 1.807) is 30.0 Å². The third kappa shape index (κ3) is 4.07. The first-order valence-electron chi connectivity index (χ1n) is 10.0. The number of amides is 1. The van der Waals surface area contributed by atoms with E-state index in [1.165, 1.54) is 13.2 Å². The maximum absolute atomic E-state index is 13.2. The van der Waals surface area contributed by atoms with E-state index in [1.807, 2.05) is 31.2 Å². The van der Waals surface area contributed by atoms with Gasteiger partial charge in [-0.2, -0.15) is 0 Å². The number of carbonyl (C=O) groups excluding carboxylic acids is 1. The molecule has 8 heteroatoms. The van der Waals surface area contributed by atoms with Gasteiger partial charge in [0.2, 0.25) is 5.91 Å². The number of aryl methyl sites for hydroxylation is 1. The second-order valence-electron chi connectivity index (χ2n) is 7.71. The van der Waals surface area contributed by atoms with Crippen molar-refractivity contribution >= 4 is 21.4 Å². The molecule has 0 saturated carbocycles. The van der Waals surface area contributed by atoms with Crippen molar-refractivity contribution in [2.24, 2.45) is 0 Å². The second-order valence-corrected chi connectivity index (χ2v) is 9.79. The molecule has 0 N–H and O–H groups in total. The number of methoxy groups -OCH3 is 1. The Bertz CT molecular complexity index is 1230. The van der Waals surface area contributed by atoms with Gasteiger partial charge in [0, 0.05) is 29.8 Å². The van der Waals surface area contributed by atoms with Crippen molar-refractivity contribution in [3.8, 4) is 17.1 Å². The summed E-state index contributed by atoms with van der Waals surface area (Å²) >= 11 is 0. The van der Waals surface area contributed by atoms with Crippen molar-refractivity contribution in [1.82, 2.24) is 5.16 Å². The number of hydrogen-bond acceptors (Lipinski definition) is 6. The zero-order valence-electron chi connectivity index (χ0n) is 17.7. The Morgan fingerprint density at radius 3 is 2.71 bits per heavy atom. The second kappa shape index (κ2) is 8.19. The Kier molecular flexibility index (Phi) is 5.58. The van der Waals surface area contributed by atoms with Crippen LogP contribution in [0.2, 0.25) is 0 Å². The van der Waals surface area contributed by atoms with Crippen LogP contribution < -0.4 is 9.64 Å². The third-order valence-corrected chi connectivity index (χ3v) is 7.20. The van der Waals surface area contributed by atoms with Gasteiger partial charge in [-0.1, -0.05) is 23.4 Å². The van der Waals surface area contributed by atoms with Crippen LogP contribution in [0.1, 0.15) is 24.6 Å². The Hall–Kier alpha value is -3.13. The molecule has 31 heavy (non-hydrogen) atoms. The highest BCUT2D eigenvalue weighted by Crippen LogP contribution is 2.34. The highest BCUT2D eigenvalue weighted by atomic mass is 32.2. The van der Waals surface area contributed by atoms with Gasteiger partial charge in [-0.15, -0.1) is 0 Å². The zero-order valence-corrected chi connectivity index (χ0v) is 18.5. The topological polar surface area (TPSA) is 89.7 Å². The highest BCUT2D eigenvalue weighted by molar-refractivity contribution is 7.91. The SMILES string of the molecule is COc1ccc(-c2cc(C)no2)cc1S(=O)(=O)CCC(=O)N1c2ccccc2C[C@@H]1C. The standard InChI is InChI=1S/C23H24N2O5S/c1-15-12-21(30-24-15)18-8-9-20(29-3)22(14-18)31(27,28)11-10-23(26)25-16(2)13-17-6-4-5-7-19(17)25/h4-9,12,14,16H,10-11,13H2,1-3H3/t16-/m0/s1. The summed E-state index contributed by atoms with van der Waals surface area (Å²) in [6.45, 7) is 3.76. The average Bonchev–Trinajstić information content (AvgIpc) is 3.34. The molecule has 0 radical (unpaired) electrons. The Labute approximate surface area is 181 Å². The average molecular weight is 441 g/mol. The van der Waals surface area contributed by atoms with Gasteiger partial charge < -0.3 is 14.2 Å². The van der Waals surface area contributed by atoms with Crippen molar-refractivity contribution in [2.75, 3.05) is 17.8 Å². The Morgan fingerprint density at radius 2 is 2.00 bits per heavy atom. The van der Waals surface area contributed by atoms with Crippen LogP contribution >= 0.6 is 0 Å². The van der Waals surface area contributed by atoms with Crippen LogP contribution in [0, 0.1) is 6.92 Å². The maximum atomic E-state index is 13.2. The molecule has 0 bridgehead atoms. The van der Waals surface area contributed by atoms with Crippen LogP contribution in [0.5, 0.6) is 5.75 Å². The van der Waals surface area contributed by atoms with E-state index in [9.17, 15) is 13.2 Å². The van der Waals surface area contributed by atoms with E-state index >= 15 is 0 Å². The lowest BCUT2D eigenvalue weighted by molar-refractivity contribution is -0.118. The number of rotatable bonds is 6. The molecule has 1 aliphatic heterocycles. The number of para-hydroxylation sites is 1. The minimum atomic E-state index is -3.78. The number of fused-ring (bicyclic) bond motifs is 1. The molecule has 1 atom stereocenters. The molecule has 7 nitrogen and oxygen atoms in total. The third-order valence-electron chi connectivity index (χ3n) is 5.47. The minimum absolute atomic E-state index is 0.000148. The van der Waals surface area contributed by atoms with Crippen molar-refractivity contribution in [3.63, 3.8) is 0 Å². The summed E-state index contributed by atoms with van der Waals surface area (Å²) in [6, 6.07) is 14.3. The van der Waals surface area contributed by atoms with E-state index in [0.29, 0.717) is 17.0 Å². The van der Waals surface area contributed by atoms with Crippen molar-refractivity contribution < 1.29 is 22.5 Å². The number of anilines is 1. The molecule has 162 valence electrons. The fourth-order valence-corrected chi connectivity index (χ4v) is 5.40. The summed E-state index contributed by atoms with van der Waals surface area (Å²) in [6.07, 6.45) is 0.650. The molecule has 3 aromatic rings. The lowest BCUT2D eigenvalue weighted by Crippen LogP contribution is -2.36. The molecule has 0 saturated heterocycles. The van der Waals surface area contributed by atoms with Crippen LogP contribution in [0.25, 0.3) is 11.3 Å². The molecule has 2 aromatic carbocycles. The summed E-state index contributed by atoms with van der Waals surface area (Å²) in [5, 5.41) is 3.85. The fourth-order valence-electron chi connectivity index (χ4n) is 3.97. The van der Waals surface area contributed by atoms with Gasteiger partial charge in [0.1, 0.15) is 10.6 Å². The molecule has 0 aliphatic carbocycles. The van der Waals surface area contributed by atoms with Gasteiger partial charge in [0.15, 0.2) is 15.6 Å². The highest BCUT2D eigenvalue weighted by Gasteiger charge is 2.31. The van der Waals surface area contributed by atoms with Crippen molar-refractivity contribution in [1.29, 1.82) is 0 Å². The Morgan fingerprint density at radius 1 is 1.23 bits per heavy atom. The molecule has 0 unspecified atom stereocenters. The normalized spacial score (nSPS) is 15.7. The van der Waals surface area contributed by atoms with Crippen LogP contribution in [0.4, 0.5) is 5.69 Å². The predicted molar refractivity (Wildman–Crippen MR) is 117 cm³/mol. The monoisotopic (exact) mass is 440 g/mol. The van der Waals surface area contributed by atoms with E-state index < -0.39 is 9.84 Å². The zero-order chi connectivity index (χ0) is 22.2. The smallest absolute Gasteiger partial charge is 0.228 e. The summed E-state index contributed by atoms with van der Waals surface area (Å²) < 4.78 is 36.8. The first-order chi connectivity index (χ1) is 14.8. The van der Waals surface area contributed by atoms with Gasteiger partial charge in [-0.3, -0.25) is 4.79 Å². The predicted octanol–water partition coefficient (Wildman–Crippen LogP) is 3.80. The van der Waals surface area contributed by atoms with E-state index in [0.717, 1.165) is 17.7 Å². The number of hydrogen-bond donors (Lipinski definition) is 0. The summed E-state index contributed by atoms with van der Waals surface area (Å²) in [7, 11) is -2.36. The van der Waals surface area contributed by atoms with Gasteiger partial charge >= 0.3 is 0 Å². The van der Waals surface area contributed by atoms with Crippen molar-refractivity contribution in [2.45, 2.75) is 37.6 Å². The largest absolute Gasteiger partial charge is 0.495 e. The van der Waals surface area contributed by atoms with Gasteiger partial charge in [-0.25, -0.2) is 8.42 Å². The van der Waals surface area contributed by atoms with E-state index in [2.05, 4.69) is 5.16 Å². The van der Waals surface area contributed by atoms with Gasteiger partial charge in [-0.05, 0) is 50.1 Å². The number of aromatic nitrogens is 1. The van der Waals surface area contributed by atoms with Crippen LogP contribution in [-0.2, 0) is 21.1 Å². The fraction of sp³-hybridized carbons (Fsp3) is 0.304. The number of sulfone groups is 1. The lowest BCUT2D eigenvalue weighted by atomic mass is 10.1. The summed E-state index contributed by atoms with van der Waals surface area (Å²) in [5.74, 6) is 0.177. The molecule has 0 fully saturated rings. The summed E-state index contributed by atoms with van der Waals surface area (Å²) in [4.78, 5) is 14.7. The van der Waals surface area contributed by atoms with Gasteiger partial charge in [0.25, 0.3) is 0 Å². The van der Waals surface area contributed by atoms with Gasteiger partial charge in [0.05, 0.1) is 18.6 Å². The Balaban J connectivity index is 1.57. The number of benzene rings is 2. The number of carbonyl (C=O) groups is 1. The molecular weight excluding hydrogens is 416 g/mol. The van der Waals surface area contributed by atoms with E-state index in [-0.39, 0.29) is 34.8 Å². The first-order valence-corrected chi connectivity index (χ1v) is 11.7. The lowest BCUT2D eigenvalue weighted by Gasteiger charge is -2.22. The molecule has 2 heterocycles. The quantitative estimate of drug-likeness (QED) is 0.579. The molecule has 1 aromatic heterocycles.